The first-order chi connectivity index (χ1) is 11.7. The molecule has 0 spiro atoms. The maximum Gasteiger partial charge on any atom is 0.164 e. The number of methoxy groups -OCH3 is 1. The Labute approximate surface area is 143 Å². The zero-order chi connectivity index (χ0) is 17.4. The van der Waals surface area contributed by atoms with Crippen LogP contribution in [0.15, 0.2) is 55.1 Å². The van der Waals surface area contributed by atoms with Crippen LogP contribution in [0.25, 0.3) is 11.6 Å². The number of allylic oxidation sites excluding steroid dienone is 2. The molecule has 0 aliphatic carbocycles. The smallest absolute Gasteiger partial charge is 0.164 e. The zero-order valence-corrected chi connectivity index (χ0v) is 14.1. The summed E-state index contributed by atoms with van der Waals surface area (Å²) in [5.41, 5.74) is 3.37. The van der Waals surface area contributed by atoms with Gasteiger partial charge in [0.2, 0.25) is 0 Å². The lowest BCUT2D eigenvalue weighted by Crippen LogP contribution is -2.00. The van der Waals surface area contributed by atoms with E-state index >= 15 is 0 Å². The third-order valence-corrected chi connectivity index (χ3v) is 3.54. The van der Waals surface area contributed by atoms with E-state index in [1.165, 1.54) is 0 Å². The Morgan fingerprint density at radius 2 is 2.00 bits per heavy atom. The highest BCUT2D eigenvalue weighted by molar-refractivity contribution is 5.90. The van der Waals surface area contributed by atoms with Gasteiger partial charge in [-0.25, -0.2) is 0 Å². The normalized spacial score (nSPS) is 10.8. The molecule has 2 rings (SSSR count). The van der Waals surface area contributed by atoms with Crippen molar-refractivity contribution in [3.63, 3.8) is 0 Å². The van der Waals surface area contributed by atoms with Gasteiger partial charge < -0.3 is 9.47 Å². The van der Waals surface area contributed by atoms with Crippen molar-refractivity contribution in [2.24, 2.45) is 0 Å². The van der Waals surface area contributed by atoms with Gasteiger partial charge in [-0.1, -0.05) is 36.4 Å². The number of nitrogens with zero attached hydrogens (tertiary/aromatic N) is 1. The highest BCUT2D eigenvalue weighted by Gasteiger charge is 2.12. The van der Waals surface area contributed by atoms with Crippen molar-refractivity contribution >= 4 is 11.6 Å². The quantitative estimate of drug-likeness (QED) is 0.415. The molecule has 0 unspecified atom stereocenters. The molecule has 3 nitrogen and oxygen atoms in total. The van der Waals surface area contributed by atoms with Crippen LogP contribution in [0.1, 0.15) is 23.6 Å². The molecule has 2 aromatic rings. The first-order valence-electron chi connectivity index (χ1n) is 7.85. The maximum absolute atomic E-state index is 9.49. The Morgan fingerprint density at radius 1 is 1.25 bits per heavy atom. The molecule has 0 saturated carbocycles. The van der Waals surface area contributed by atoms with Crippen LogP contribution < -0.4 is 9.47 Å². The molecule has 0 aliphatic rings. The third kappa shape index (κ3) is 4.05. The lowest BCUT2D eigenvalue weighted by molar-refractivity contribution is 0.308. The zero-order valence-electron chi connectivity index (χ0n) is 14.1. The molecule has 0 aromatic heterocycles. The van der Waals surface area contributed by atoms with Crippen molar-refractivity contribution in [1.29, 1.82) is 5.26 Å². The van der Waals surface area contributed by atoms with Gasteiger partial charge >= 0.3 is 0 Å². The molecule has 3 heteroatoms. The summed E-state index contributed by atoms with van der Waals surface area (Å²) in [4.78, 5) is 0. The summed E-state index contributed by atoms with van der Waals surface area (Å²) in [6, 6.07) is 15.8. The standard InChI is InChI=1S/C21H21NO2/c1-4-9-18-12-16(14-20(23-3)21(18)24-5-2)13-19(15-22)17-10-7-6-8-11-17/h4,6-8,10-14H,1,5,9H2,2-3H3/b19-13+. The average Bonchev–Trinajstić information content (AvgIpc) is 2.62. The van der Waals surface area contributed by atoms with Crippen LogP contribution in [0.4, 0.5) is 0 Å². The Bertz CT molecular complexity index is 770. The summed E-state index contributed by atoms with van der Waals surface area (Å²) >= 11 is 0. The van der Waals surface area contributed by atoms with E-state index in [0.29, 0.717) is 24.4 Å². The highest BCUT2D eigenvalue weighted by Crippen LogP contribution is 2.34. The minimum absolute atomic E-state index is 0.559. The van der Waals surface area contributed by atoms with Gasteiger partial charge in [-0.15, -0.1) is 6.58 Å². The van der Waals surface area contributed by atoms with Crippen molar-refractivity contribution in [3.05, 3.63) is 71.8 Å². The van der Waals surface area contributed by atoms with Gasteiger partial charge in [-0.2, -0.15) is 5.26 Å². The molecule has 0 amide bonds. The lowest BCUT2D eigenvalue weighted by Gasteiger charge is -2.15. The topological polar surface area (TPSA) is 42.2 Å². The largest absolute Gasteiger partial charge is 0.493 e. The molecule has 0 radical (unpaired) electrons. The van der Waals surface area contributed by atoms with E-state index in [4.69, 9.17) is 9.47 Å². The van der Waals surface area contributed by atoms with Gasteiger partial charge in [-0.3, -0.25) is 0 Å². The number of hydrogen-bond acceptors (Lipinski definition) is 3. The van der Waals surface area contributed by atoms with E-state index in [1.807, 2.05) is 61.5 Å². The molecule has 2 aromatic carbocycles. The molecule has 0 N–H and O–H groups in total. The van der Waals surface area contributed by atoms with Crippen LogP contribution in [-0.2, 0) is 6.42 Å². The number of hydrogen-bond donors (Lipinski definition) is 0. The Hall–Kier alpha value is -2.99. The van der Waals surface area contributed by atoms with E-state index in [9.17, 15) is 5.26 Å². The Balaban J connectivity index is 2.54. The summed E-state index contributed by atoms with van der Waals surface area (Å²) in [5.74, 6) is 1.39. The van der Waals surface area contributed by atoms with Crippen molar-refractivity contribution in [2.75, 3.05) is 13.7 Å². The summed E-state index contributed by atoms with van der Waals surface area (Å²) in [7, 11) is 1.62. The molecule has 0 bridgehead atoms. The summed E-state index contributed by atoms with van der Waals surface area (Å²) in [6.45, 7) is 6.30. The first-order valence-corrected chi connectivity index (χ1v) is 7.85. The SMILES string of the molecule is C=CCc1cc(/C=C(\C#N)c2ccccc2)cc(OC)c1OCC. The molecule has 0 atom stereocenters. The molecule has 122 valence electrons. The van der Waals surface area contributed by atoms with Gasteiger partial charge in [0.25, 0.3) is 0 Å². The number of nitriles is 1. The van der Waals surface area contributed by atoms with Gasteiger partial charge in [-0.05, 0) is 42.7 Å². The van der Waals surface area contributed by atoms with Crippen LogP contribution in [0.5, 0.6) is 11.5 Å². The molecule has 0 heterocycles. The third-order valence-electron chi connectivity index (χ3n) is 3.54. The number of benzene rings is 2. The predicted molar refractivity (Wildman–Crippen MR) is 98.0 cm³/mol. The number of ether oxygens (including phenoxy) is 2. The average molecular weight is 319 g/mol. The van der Waals surface area contributed by atoms with Crippen LogP contribution in [0.3, 0.4) is 0 Å². The van der Waals surface area contributed by atoms with Crippen LogP contribution in [0, 0.1) is 11.3 Å². The van der Waals surface area contributed by atoms with E-state index in [2.05, 4.69) is 12.6 Å². The van der Waals surface area contributed by atoms with Crippen LogP contribution in [-0.4, -0.2) is 13.7 Å². The second-order valence-electron chi connectivity index (χ2n) is 5.17. The summed E-state index contributed by atoms with van der Waals surface area (Å²) in [5, 5.41) is 9.49. The van der Waals surface area contributed by atoms with Crippen molar-refractivity contribution in [1.82, 2.24) is 0 Å². The molecule has 0 saturated heterocycles. The second kappa shape index (κ2) is 8.59. The van der Waals surface area contributed by atoms with E-state index in [-0.39, 0.29) is 0 Å². The van der Waals surface area contributed by atoms with Crippen LogP contribution >= 0.6 is 0 Å². The summed E-state index contributed by atoms with van der Waals surface area (Å²) in [6.07, 6.45) is 4.36. The van der Waals surface area contributed by atoms with Crippen molar-refractivity contribution in [3.8, 4) is 17.6 Å². The van der Waals surface area contributed by atoms with Crippen molar-refractivity contribution in [2.45, 2.75) is 13.3 Å². The van der Waals surface area contributed by atoms with Crippen molar-refractivity contribution < 1.29 is 9.47 Å². The van der Waals surface area contributed by atoms with E-state index in [0.717, 1.165) is 22.4 Å². The fraction of sp³-hybridized carbons (Fsp3) is 0.190. The van der Waals surface area contributed by atoms with Gasteiger partial charge in [0, 0.05) is 5.56 Å². The highest BCUT2D eigenvalue weighted by atomic mass is 16.5. The lowest BCUT2D eigenvalue weighted by atomic mass is 10.0. The Morgan fingerprint density at radius 3 is 2.58 bits per heavy atom. The molecule has 24 heavy (non-hydrogen) atoms. The second-order valence-corrected chi connectivity index (χ2v) is 5.17. The molecular weight excluding hydrogens is 298 g/mol. The molecule has 0 fully saturated rings. The van der Waals surface area contributed by atoms with E-state index in [1.54, 1.807) is 7.11 Å². The minimum atomic E-state index is 0.559. The van der Waals surface area contributed by atoms with Crippen LogP contribution in [0.2, 0.25) is 0 Å². The fourth-order valence-electron chi connectivity index (χ4n) is 2.50. The maximum atomic E-state index is 9.49. The molecular formula is C21H21NO2. The monoisotopic (exact) mass is 319 g/mol. The van der Waals surface area contributed by atoms with Gasteiger partial charge in [0.1, 0.15) is 0 Å². The van der Waals surface area contributed by atoms with Gasteiger partial charge in [0.15, 0.2) is 11.5 Å². The minimum Gasteiger partial charge on any atom is -0.493 e. The molecule has 0 aliphatic heterocycles. The summed E-state index contributed by atoms with van der Waals surface area (Å²) < 4.78 is 11.2. The first kappa shape index (κ1) is 17.4. The van der Waals surface area contributed by atoms with E-state index < -0.39 is 0 Å². The predicted octanol–water partition coefficient (Wildman–Crippen LogP) is 4.89. The number of rotatable bonds is 7. The van der Waals surface area contributed by atoms with Gasteiger partial charge in [0.05, 0.1) is 25.4 Å². The Kier molecular flexibility index (Phi) is 6.22. The fourth-order valence-corrected chi connectivity index (χ4v) is 2.50.